The molecule has 0 bridgehead atoms. The van der Waals surface area contributed by atoms with E-state index in [-0.39, 0.29) is 17.1 Å². The molecule has 1 amide bonds. The number of piperidine rings is 1. The second-order valence-electron chi connectivity index (χ2n) is 10.5. The Hall–Kier alpha value is -3.62. The van der Waals surface area contributed by atoms with Gasteiger partial charge >= 0.3 is 12.1 Å². The van der Waals surface area contributed by atoms with Crippen molar-refractivity contribution in [2.75, 3.05) is 13.1 Å². The van der Waals surface area contributed by atoms with Crippen LogP contribution in [0.25, 0.3) is 11.3 Å². The maximum Gasteiger partial charge on any atom is 0.410 e. The van der Waals surface area contributed by atoms with E-state index in [9.17, 15) is 14.7 Å². The van der Waals surface area contributed by atoms with Crippen LogP contribution in [-0.4, -0.2) is 60.1 Å². The zero-order valence-corrected chi connectivity index (χ0v) is 21.2. The van der Waals surface area contributed by atoms with Gasteiger partial charge in [0.1, 0.15) is 17.8 Å². The van der Waals surface area contributed by atoms with Crippen molar-refractivity contribution in [3.63, 3.8) is 0 Å². The lowest BCUT2D eigenvalue weighted by atomic mass is 9.79. The van der Waals surface area contributed by atoms with Gasteiger partial charge in [0, 0.05) is 24.1 Å². The maximum absolute atomic E-state index is 12.6. The molecule has 0 radical (unpaired) electrons. The Morgan fingerprint density at radius 2 is 1.80 bits per heavy atom. The predicted molar refractivity (Wildman–Crippen MR) is 132 cm³/mol. The molecule has 1 fully saturated rings. The molecular formula is C26H33N5O4. The van der Waals surface area contributed by atoms with Crippen LogP contribution in [0, 0.1) is 13.8 Å². The first-order valence-corrected chi connectivity index (χ1v) is 11.8. The third kappa shape index (κ3) is 4.94. The Balaban J connectivity index is 1.67. The van der Waals surface area contributed by atoms with Gasteiger partial charge in [0.05, 0.1) is 29.3 Å². The van der Waals surface area contributed by atoms with Gasteiger partial charge in [0.15, 0.2) is 0 Å². The molecular weight excluding hydrogens is 446 g/mol. The number of carbonyl (C=O) groups excluding carboxylic acids is 1. The summed E-state index contributed by atoms with van der Waals surface area (Å²) in [7, 11) is 0. The van der Waals surface area contributed by atoms with Crippen LogP contribution >= 0.6 is 0 Å². The quantitative estimate of drug-likeness (QED) is 0.584. The summed E-state index contributed by atoms with van der Waals surface area (Å²) in [4.78, 5) is 35.1. The van der Waals surface area contributed by atoms with E-state index in [1.165, 1.54) is 0 Å². The van der Waals surface area contributed by atoms with Crippen LogP contribution in [0.5, 0.6) is 0 Å². The number of aryl methyl sites for hydroxylation is 2. The van der Waals surface area contributed by atoms with Crippen molar-refractivity contribution < 1.29 is 19.4 Å². The minimum atomic E-state index is -0.972. The number of rotatable bonds is 4. The second kappa shape index (κ2) is 8.87. The number of carboxylic acid groups (broad SMARTS) is 1. The van der Waals surface area contributed by atoms with Crippen LogP contribution in [-0.2, 0) is 10.2 Å². The summed E-state index contributed by atoms with van der Waals surface area (Å²) in [5.74, 6) is -0.0918. The van der Waals surface area contributed by atoms with E-state index in [1.54, 1.807) is 29.6 Å². The first kappa shape index (κ1) is 24.5. The number of imidazole rings is 2. The fourth-order valence-corrected chi connectivity index (χ4v) is 4.48. The number of amides is 1. The van der Waals surface area contributed by atoms with Crippen molar-refractivity contribution >= 4 is 12.1 Å². The summed E-state index contributed by atoms with van der Waals surface area (Å²) >= 11 is 0. The van der Waals surface area contributed by atoms with Crippen LogP contribution in [0.1, 0.15) is 68.0 Å². The van der Waals surface area contributed by atoms with Crippen LogP contribution in [0.15, 0.2) is 36.9 Å². The fraction of sp³-hybridized carbons (Fsp3) is 0.462. The van der Waals surface area contributed by atoms with Crippen molar-refractivity contribution in [2.45, 2.75) is 65.4 Å². The first-order valence-electron chi connectivity index (χ1n) is 11.8. The molecule has 0 saturated carbocycles. The number of aromatic nitrogens is 4. The molecule has 1 aromatic carbocycles. The van der Waals surface area contributed by atoms with Crippen molar-refractivity contribution in [3.05, 3.63) is 59.6 Å². The maximum atomic E-state index is 12.6. The summed E-state index contributed by atoms with van der Waals surface area (Å²) in [6, 6.07) is 5.09. The lowest BCUT2D eigenvalue weighted by Crippen LogP contribution is -2.46. The highest BCUT2D eigenvalue weighted by molar-refractivity contribution is 5.89. The zero-order valence-electron chi connectivity index (χ0n) is 21.2. The van der Waals surface area contributed by atoms with Crippen molar-refractivity contribution in [3.8, 4) is 11.3 Å². The molecule has 9 nitrogen and oxygen atoms in total. The van der Waals surface area contributed by atoms with Gasteiger partial charge < -0.3 is 14.7 Å². The molecule has 1 N–H and O–H groups in total. The predicted octanol–water partition coefficient (Wildman–Crippen LogP) is 4.66. The smallest absolute Gasteiger partial charge is 0.410 e. The number of benzene rings is 1. The average molecular weight is 480 g/mol. The molecule has 4 rings (SSSR count). The van der Waals surface area contributed by atoms with E-state index in [4.69, 9.17) is 9.72 Å². The average Bonchev–Trinajstić information content (AvgIpc) is 3.40. The molecule has 35 heavy (non-hydrogen) atoms. The zero-order chi connectivity index (χ0) is 25.5. The number of hydrogen-bond acceptors (Lipinski definition) is 5. The number of hydrogen-bond donors (Lipinski definition) is 1. The molecule has 186 valence electrons. The molecule has 2 aromatic heterocycles. The molecule has 1 aliphatic heterocycles. The number of aromatic carboxylic acids is 1. The van der Waals surface area contributed by atoms with E-state index in [0.717, 1.165) is 41.2 Å². The molecule has 0 atom stereocenters. The summed E-state index contributed by atoms with van der Waals surface area (Å²) in [6.07, 6.45) is 6.60. The molecule has 9 heteroatoms. The SMILES string of the molecule is Cc1cn(-n2cncc2-c2cc(C(=O)O)ccc2C)c(C2(C)CCN(C(=O)OC(C)(C)C)CC2)n1. The van der Waals surface area contributed by atoms with Gasteiger partial charge in [-0.25, -0.2) is 28.9 Å². The second-order valence-corrected chi connectivity index (χ2v) is 10.5. The van der Waals surface area contributed by atoms with E-state index in [1.807, 2.05) is 56.2 Å². The summed E-state index contributed by atoms with van der Waals surface area (Å²) in [6.45, 7) is 12.8. The number of carbonyl (C=O) groups is 2. The Morgan fingerprint density at radius 3 is 2.43 bits per heavy atom. The largest absolute Gasteiger partial charge is 0.478 e. The van der Waals surface area contributed by atoms with E-state index in [2.05, 4.69) is 11.9 Å². The standard InChI is InChI=1S/C26H33N5O4/c1-17-7-8-19(22(32)33)13-20(17)21-14-27-16-31(21)30-15-18(2)28-23(30)26(6)9-11-29(12-10-26)24(34)35-25(3,4)5/h7-8,13-16H,9-12H2,1-6H3,(H,32,33). The Kier molecular flexibility index (Phi) is 6.21. The highest BCUT2D eigenvalue weighted by Crippen LogP contribution is 2.36. The monoisotopic (exact) mass is 479 g/mol. The van der Waals surface area contributed by atoms with Gasteiger partial charge in [-0.2, -0.15) is 0 Å². The lowest BCUT2D eigenvalue weighted by molar-refractivity contribution is 0.0166. The van der Waals surface area contributed by atoms with Crippen LogP contribution in [0.2, 0.25) is 0 Å². The van der Waals surface area contributed by atoms with Gasteiger partial charge in [-0.1, -0.05) is 13.0 Å². The normalized spacial score (nSPS) is 15.8. The third-order valence-corrected chi connectivity index (χ3v) is 6.48. The van der Waals surface area contributed by atoms with Crippen LogP contribution < -0.4 is 0 Å². The van der Waals surface area contributed by atoms with Gasteiger partial charge in [0.2, 0.25) is 0 Å². The number of nitrogens with zero attached hydrogens (tertiary/aromatic N) is 5. The summed E-state index contributed by atoms with van der Waals surface area (Å²) < 4.78 is 9.46. The van der Waals surface area contributed by atoms with Crippen LogP contribution in [0.4, 0.5) is 4.79 Å². The van der Waals surface area contributed by atoms with Crippen molar-refractivity contribution in [1.82, 2.24) is 24.2 Å². The molecule has 3 aromatic rings. The summed E-state index contributed by atoms with van der Waals surface area (Å²) in [5.41, 5.74) is 2.81. The molecule has 0 spiro atoms. The lowest BCUT2D eigenvalue weighted by Gasteiger charge is -2.39. The highest BCUT2D eigenvalue weighted by Gasteiger charge is 2.38. The molecule has 1 saturated heterocycles. The number of carboxylic acids is 1. The third-order valence-electron chi connectivity index (χ3n) is 6.48. The first-order chi connectivity index (χ1) is 16.4. The Labute approximate surface area is 205 Å². The van der Waals surface area contributed by atoms with Gasteiger partial charge in [-0.05, 0) is 65.2 Å². The van der Waals surface area contributed by atoms with Gasteiger partial charge in [-0.15, -0.1) is 0 Å². The van der Waals surface area contributed by atoms with Crippen molar-refractivity contribution in [2.24, 2.45) is 0 Å². The molecule has 0 aliphatic carbocycles. The fourth-order valence-electron chi connectivity index (χ4n) is 4.48. The van der Waals surface area contributed by atoms with Crippen molar-refractivity contribution in [1.29, 1.82) is 0 Å². The Bertz CT molecular complexity index is 1260. The van der Waals surface area contributed by atoms with Crippen LogP contribution in [0.3, 0.4) is 0 Å². The number of likely N-dealkylation sites (tertiary alicyclic amines) is 1. The minimum absolute atomic E-state index is 0.224. The molecule has 1 aliphatic rings. The number of ether oxygens (including phenoxy) is 1. The van der Waals surface area contributed by atoms with Gasteiger partial charge in [0.25, 0.3) is 0 Å². The molecule has 3 heterocycles. The topological polar surface area (TPSA) is 102 Å². The van der Waals surface area contributed by atoms with E-state index < -0.39 is 11.6 Å². The summed E-state index contributed by atoms with van der Waals surface area (Å²) in [5, 5.41) is 9.48. The van der Waals surface area contributed by atoms with Gasteiger partial charge in [-0.3, -0.25) is 0 Å². The van der Waals surface area contributed by atoms with E-state index in [0.29, 0.717) is 13.1 Å². The van der Waals surface area contributed by atoms with E-state index >= 15 is 0 Å². The molecule has 0 unspecified atom stereocenters. The minimum Gasteiger partial charge on any atom is -0.478 e. The Morgan fingerprint density at radius 1 is 1.11 bits per heavy atom. The highest BCUT2D eigenvalue weighted by atomic mass is 16.6.